The van der Waals surface area contributed by atoms with Crippen LogP contribution in [0.1, 0.15) is 24.3 Å². The average Bonchev–Trinajstić information content (AvgIpc) is 3.32. The third-order valence-corrected chi connectivity index (χ3v) is 6.82. The minimum atomic E-state index is -0.765. The number of hydrogen-bond donors (Lipinski definition) is 2. The molecule has 0 spiro atoms. The van der Waals surface area contributed by atoms with Crippen molar-refractivity contribution in [3.8, 4) is 5.69 Å². The van der Waals surface area contributed by atoms with Crippen LogP contribution >= 0.6 is 11.6 Å². The summed E-state index contributed by atoms with van der Waals surface area (Å²) in [6.07, 6.45) is 3.44. The molecule has 5 rings (SSSR count). The number of nitrogens with one attached hydrogen (secondary N) is 1. The summed E-state index contributed by atoms with van der Waals surface area (Å²) in [6.45, 7) is 3.67. The van der Waals surface area contributed by atoms with E-state index in [1.165, 1.54) is 17.7 Å². The lowest BCUT2D eigenvalue weighted by Crippen LogP contribution is -2.40. The molecule has 2 saturated heterocycles. The van der Waals surface area contributed by atoms with Crippen LogP contribution in [0.3, 0.4) is 0 Å². The molecule has 1 aromatic heterocycles. The van der Waals surface area contributed by atoms with Gasteiger partial charge < -0.3 is 24.8 Å². The predicted octanol–water partition coefficient (Wildman–Crippen LogP) is 3.95. The van der Waals surface area contributed by atoms with Crippen molar-refractivity contribution in [2.45, 2.75) is 25.0 Å². The van der Waals surface area contributed by atoms with Crippen LogP contribution in [0.25, 0.3) is 16.6 Å². The Labute approximate surface area is 191 Å². The SMILES string of the molecule is O=C1NC(O)CN1CCN1CCC(c2cn(-c3ccc(F)cc3)c3ccc(Cl)cc23)CC1. The first-order valence-corrected chi connectivity index (χ1v) is 11.4. The van der Waals surface area contributed by atoms with Gasteiger partial charge in [-0.05, 0) is 79.9 Å². The maximum absolute atomic E-state index is 13.4. The molecule has 2 aliphatic heterocycles. The summed E-state index contributed by atoms with van der Waals surface area (Å²) in [5, 5.41) is 13.9. The highest BCUT2D eigenvalue weighted by Gasteiger charge is 2.28. The summed E-state index contributed by atoms with van der Waals surface area (Å²) >= 11 is 6.33. The molecule has 8 heteroatoms. The molecule has 1 atom stereocenters. The number of urea groups is 1. The third-order valence-electron chi connectivity index (χ3n) is 6.59. The molecule has 2 aliphatic rings. The topological polar surface area (TPSA) is 60.7 Å². The number of aliphatic hydroxyl groups excluding tert-OH is 1. The minimum Gasteiger partial charge on any atom is -0.372 e. The van der Waals surface area contributed by atoms with Crippen LogP contribution in [0, 0.1) is 5.82 Å². The van der Waals surface area contributed by atoms with Crippen LogP contribution in [-0.2, 0) is 0 Å². The summed E-state index contributed by atoms with van der Waals surface area (Å²) in [7, 11) is 0. The first kappa shape index (κ1) is 21.2. The average molecular weight is 457 g/mol. The maximum Gasteiger partial charge on any atom is 0.319 e. The molecule has 3 heterocycles. The molecule has 6 nitrogen and oxygen atoms in total. The Bertz CT molecular complexity index is 1120. The van der Waals surface area contributed by atoms with Crippen LogP contribution in [-0.4, -0.2) is 64.5 Å². The van der Waals surface area contributed by atoms with E-state index in [1.807, 2.05) is 18.2 Å². The van der Waals surface area contributed by atoms with E-state index in [-0.39, 0.29) is 11.8 Å². The summed E-state index contributed by atoms with van der Waals surface area (Å²) in [5.74, 6) is 0.160. The van der Waals surface area contributed by atoms with E-state index in [0.717, 1.165) is 49.1 Å². The first-order valence-electron chi connectivity index (χ1n) is 11.0. The molecule has 0 radical (unpaired) electrons. The van der Waals surface area contributed by atoms with Gasteiger partial charge in [0.25, 0.3) is 0 Å². The number of aromatic nitrogens is 1. The molecule has 2 amide bonds. The van der Waals surface area contributed by atoms with Crippen LogP contribution in [0.15, 0.2) is 48.7 Å². The number of rotatable bonds is 5. The number of likely N-dealkylation sites (tertiary alicyclic amines) is 1. The number of piperidine rings is 1. The van der Waals surface area contributed by atoms with Gasteiger partial charge in [0.05, 0.1) is 12.1 Å². The largest absolute Gasteiger partial charge is 0.372 e. The van der Waals surface area contributed by atoms with Crippen LogP contribution in [0.2, 0.25) is 5.02 Å². The van der Waals surface area contributed by atoms with Crippen molar-refractivity contribution in [1.82, 2.24) is 19.7 Å². The molecule has 32 heavy (non-hydrogen) atoms. The fourth-order valence-corrected chi connectivity index (χ4v) is 5.03. The Balaban J connectivity index is 1.31. The predicted molar refractivity (Wildman–Crippen MR) is 123 cm³/mol. The summed E-state index contributed by atoms with van der Waals surface area (Å²) in [6, 6.07) is 12.3. The van der Waals surface area contributed by atoms with Crippen LogP contribution in [0.4, 0.5) is 9.18 Å². The highest BCUT2D eigenvalue weighted by molar-refractivity contribution is 6.31. The van der Waals surface area contributed by atoms with Crippen LogP contribution < -0.4 is 5.32 Å². The number of β-amino-alcohol motifs (C(OH)–C–C–N with tert-alkyl or cyclic N) is 1. The Morgan fingerprint density at radius 3 is 2.53 bits per heavy atom. The molecule has 0 saturated carbocycles. The molecular formula is C24H26ClFN4O2. The van der Waals surface area contributed by atoms with Gasteiger partial charge in [0.1, 0.15) is 12.0 Å². The number of hydrogen-bond acceptors (Lipinski definition) is 3. The van der Waals surface area contributed by atoms with E-state index < -0.39 is 6.23 Å². The summed E-state index contributed by atoms with van der Waals surface area (Å²) in [4.78, 5) is 15.8. The molecule has 0 aliphatic carbocycles. The van der Waals surface area contributed by atoms with E-state index in [1.54, 1.807) is 17.0 Å². The minimum absolute atomic E-state index is 0.196. The van der Waals surface area contributed by atoms with Gasteiger partial charge in [-0.3, -0.25) is 0 Å². The van der Waals surface area contributed by atoms with E-state index in [0.29, 0.717) is 24.0 Å². The number of fused-ring (bicyclic) bond motifs is 1. The van der Waals surface area contributed by atoms with E-state index >= 15 is 0 Å². The monoisotopic (exact) mass is 456 g/mol. The smallest absolute Gasteiger partial charge is 0.319 e. The quantitative estimate of drug-likeness (QED) is 0.611. The molecule has 2 fully saturated rings. The fourth-order valence-electron chi connectivity index (χ4n) is 4.86. The number of carbonyl (C=O) groups excluding carboxylic acids is 1. The van der Waals surface area contributed by atoms with Gasteiger partial charge in [0.2, 0.25) is 0 Å². The maximum atomic E-state index is 13.4. The second-order valence-electron chi connectivity index (χ2n) is 8.62. The van der Waals surface area contributed by atoms with E-state index in [4.69, 9.17) is 11.6 Å². The van der Waals surface area contributed by atoms with Gasteiger partial charge in [0.15, 0.2) is 0 Å². The van der Waals surface area contributed by atoms with Crippen molar-refractivity contribution >= 4 is 28.5 Å². The zero-order chi connectivity index (χ0) is 22.2. The van der Waals surface area contributed by atoms with Gasteiger partial charge in [-0.1, -0.05) is 11.6 Å². The number of halogens is 2. The number of amides is 2. The van der Waals surface area contributed by atoms with Gasteiger partial charge in [0, 0.05) is 35.4 Å². The molecule has 0 bridgehead atoms. The van der Waals surface area contributed by atoms with Gasteiger partial charge >= 0.3 is 6.03 Å². The van der Waals surface area contributed by atoms with E-state index in [9.17, 15) is 14.3 Å². The Kier molecular flexibility index (Phi) is 5.80. The lowest BCUT2D eigenvalue weighted by Gasteiger charge is -2.32. The number of carbonyl (C=O) groups is 1. The normalized spacial score (nSPS) is 20.3. The zero-order valence-corrected chi connectivity index (χ0v) is 18.4. The van der Waals surface area contributed by atoms with Crippen molar-refractivity contribution < 1.29 is 14.3 Å². The van der Waals surface area contributed by atoms with Crippen molar-refractivity contribution in [2.24, 2.45) is 0 Å². The van der Waals surface area contributed by atoms with Crippen molar-refractivity contribution in [3.05, 3.63) is 65.1 Å². The lowest BCUT2D eigenvalue weighted by molar-refractivity contribution is 0.150. The van der Waals surface area contributed by atoms with Gasteiger partial charge in [-0.15, -0.1) is 0 Å². The summed E-state index contributed by atoms with van der Waals surface area (Å²) < 4.78 is 15.6. The third kappa shape index (κ3) is 4.20. The van der Waals surface area contributed by atoms with Crippen molar-refractivity contribution in [1.29, 1.82) is 0 Å². The second-order valence-corrected chi connectivity index (χ2v) is 9.06. The number of aliphatic hydroxyl groups is 1. The van der Waals surface area contributed by atoms with Crippen molar-refractivity contribution in [2.75, 3.05) is 32.7 Å². The van der Waals surface area contributed by atoms with Crippen molar-refractivity contribution in [3.63, 3.8) is 0 Å². The first-order chi connectivity index (χ1) is 15.5. The Morgan fingerprint density at radius 2 is 1.84 bits per heavy atom. The molecule has 2 N–H and O–H groups in total. The molecule has 3 aromatic rings. The van der Waals surface area contributed by atoms with Crippen LogP contribution in [0.5, 0.6) is 0 Å². The Hall–Kier alpha value is -2.61. The molecular weight excluding hydrogens is 431 g/mol. The number of nitrogens with zero attached hydrogens (tertiary/aromatic N) is 3. The highest BCUT2D eigenvalue weighted by Crippen LogP contribution is 2.37. The molecule has 168 valence electrons. The molecule has 1 unspecified atom stereocenters. The Morgan fingerprint density at radius 1 is 1.09 bits per heavy atom. The van der Waals surface area contributed by atoms with Gasteiger partial charge in [-0.25, -0.2) is 9.18 Å². The molecule has 2 aromatic carbocycles. The second kappa shape index (κ2) is 8.73. The standard InChI is InChI=1S/C24H26ClFN4O2/c25-17-1-6-22-20(13-17)21(14-30(22)19-4-2-18(26)3-5-19)16-7-9-28(10-8-16)11-12-29-15-23(31)27-24(29)32/h1-6,13-14,16,23,31H,7-12,15H2,(H,27,32). The number of benzene rings is 2. The zero-order valence-electron chi connectivity index (χ0n) is 17.7. The van der Waals surface area contributed by atoms with Gasteiger partial charge in [-0.2, -0.15) is 0 Å². The summed E-state index contributed by atoms with van der Waals surface area (Å²) in [5.41, 5.74) is 3.26. The lowest BCUT2D eigenvalue weighted by atomic mass is 9.89. The van der Waals surface area contributed by atoms with E-state index in [2.05, 4.69) is 21.0 Å². The highest BCUT2D eigenvalue weighted by atomic mass is 35.5. The fraction of sp³-hybridized carbons (Fsp3) is 0.375.